The molecule has 0 aliphatic rings. The van der Waals surface area contributed by atoms with Crippen molar-refractivity contribution in [3.63, 3.8) is 0 Å². The molecule has 90 valence electrons. The molecule has 1 unspecified atom stereocenters. The highest BCUT2D eigenvalue weighted by Gasteiger charge is 2.21. The van der Waals surface area contributed by atoms with Crippen molar-refractivity contribution in [2.24, 2.45) is 0 Å². The van der Waals surface area contributed by atoms with E-state index in [1.54, 1.807) is 18.4 Å². The molecule has 6 heteroatoms. The molecule has 0 spiro atoms. The largest absolute Gasteiger partial charge is 0.480 e. The van der Waals surface area contributed by atoms with Crippen molar-refractivity contribution in [3.05, 3.63) is 27.4 Å². The summed E-state index contributed by atoms with van der Waals surface area (Å²) in [5, 5.41) is 16.3. The van der Waals surface area contributed by atoms with E-state index in [1.165, 1.54) is 16.9 Å². The van der Waals surface area contributed by atoms with Crippen LogP contribution in [0.1, 0.15) is 16.6 Å². The standard InChI is InChI=1S/C11H12N2O2S2/c1-6-3-4-16-9(6)7-5-17-10(13-7)8(12-2)11(14)15/h3-5,8,12H,1-2H3,(H,14,15). The van der Waals surface area contributed by atoms with Gasteiger partial charge in [0.1, 0.15) is 5.01 Å². The molecule has 0 bridgehead atoms. The maximum absolute atomic E-state index is 11.0. The van der Waals surface area contributed by atoms with Crippen molar-refractivity contribution in [2.45, 2.75) is 13.0 Å². The maximum Gasteiger partial charge on any atom is 0.327 e. The van der Waals surface area contributed by atoms with Crippen molar-refractivity contribution in [3.8, 4) is 10.6 Å². The number of thiophene rings is 1. The van der Waals surface area contributed by atoms with E-state index < -0.39 is 12.0 Å². The molecule has 0 aliphatic heterocycles. The monoisotopic (exact) mass is 268 g/mol. The highest BCUT2D eigenvalue weighted by molar-refractivity contribution is 7.14. The van der Waals surface area contributed by atoms with Gasteiger partial charge in [0.15, 0.2) is 6.04 Å². The Kier molecular flexibility index (Phi) is 3.56. The summed E-state index contributed by atoms with van der Waals surface area (Å²) >= 11 is 2.99. The lowest BCUT2D eigenvalue weighted by molar-refractivity contribution is -0.139. The Hall–Kier alpha value is -1.24. The van der Waals surface area contributed by atoms with E-state index in [0.29, 0.717) is 5.01 Å². The molecular weight excluding hydrogens is 256 g/mol. The summed E-state index contributed by atoms with van der Waals surface area (Å²) in [6, 6.07) is 1.31. The van der Waals surface area contributed by atoms with Gasteiger partial charge in [0.05, 0.1) is 10.6 Å². The summed E-state index contributed by atoms with van der Waals surface area (Å²) in [5.74, 6) is -0.906. The molecule has 0 amide bonds. The molecule has 1 atom stereocenters. The topological polar surface area (TPSA) is 62.2 Å². The maximum atomic E-state index is 11.0. The first-order valence-corrected chi connectivity index (χ1v) is 6.79. The first-order valence-electron chi connectivity index (χ1n) is 5.03. The van der Waals surface area contributed by atoms with Gasteiger partial charge < -0.3 is 10.4 Å². The Balaban J connectivity index is 2.33. The van der Waals surface area contributed by atoms with E-state index in [1.807, 2.05) is 23.8 Å². The number of nitrogens with zero attached hydrogens (tertiary/aromatic N) is 1. The minimum Gasteiger partial charge on any atom is -0.480 e. The molecule has 2 N–H and O–H groups in total. The van der Waals surface area contributed by atoms with Gasteiger partial charge in [-0.05, 0) is 31.0 Å². The van der Waals surface area contributed by atoms with Crippen molar-refractivity contribution < 1.29 is 9.90 Å². The fourth-order valence-corrected chi connectivity index (χ4v) is 3.38. The first kappa shape index (κ1) is 12.2. The Labute approximate surface area is 107 Å². The fraction of sp³-hybridized carbons (Fsp3) is 0.273. The molecule has 0 saturated heterocycles. The van der Waals surface area contributed by atoms with E-state index in [0.717, 1.165) is 10.6 Å². The Morgan fingerprint density at radius 1 is 1.53 bits per heavy atom. The number of carboxylic acid groups (broad SMARTS) is 1. The number of aromatic nitrogens is 1. The zero-order valence-electron chi connectivity index (χ0n) is 9.43. The van der Waals surface area contributed by atoms with Gasteiger partial charge in [-0.2, -0.15) is 0 Å². The van der Waals surface area contributed by atoms with Gasteiger partial charge in [0.25, 0.3) is 0 Å². The van der Waals surface area contributed by atoms with Crippen LogP contribution < -0.4 is 5.32 Å². The molecule has 0 saturated carbocycles. The van der Waals surface area contributed by atoms with Crippen LogP contribution >= 0.6 is 22.7 Å². The molecule has 2 rings (SSSR count). The van der Waals surface area contributed by atoms with Crippen molar-refractivity contribution >= 4 is 28.6 Å². The lowest BCUT2D eigenvalue weighted by Crippen LogP contribution is -2.24. The second kappa shape index (κ2) is 4.95. The van der Waals surface area contributed by atoms with Crippen LogP contribution in [0.4, 0.5) is 0 Å². The minimum atomic E-state index is -0.906. The summed E-state index contributed by atoms with van der Waals surface area (Å²) in [5.41, 5.74) is 2.03. The van der Waals surface area contributed by atoms with E-state index >= 15 is 0 Å². The smallest absolute Gasteiger partial charge is 0.327 e. The Morgan fingerprint density at radius 3 is 2.82 bits per heavy atom. The molecule has 0 radical (unpaired) electrons. The van der Waals surface area contributed by atoms with E-state index in [4.69, 9.17) is 5.11 Å². The second-order valence-corrected chi connectivity index (χ2v) is 5.37. The van der Waals surface area contributed by atoms with E-state index in [2.05, 4.69) is 10.3 Å². The lowest BCUT2D eigenvalue weighted by atomic mass is 10.2. The minimum absolute atomic E-state index is 0.586. The number of likely N-dealkylation sites (N-methyl/N-ethyl adjacent to an activating group) is 1. The third-order valence-corrected chi connectivity index (χ3v) is 4.35. The van der Waals surface area contributed by atoms with Crippen molar-refractivity contribution in [1.82, 2.24) is 10.3 Å². The van der Waals surface area contributed by atoms with Gasteiger partial charge in [-0.3, -0.25) is 4.79 Å². The van der Waals surface area contributed by atoms with Crippen LogP contribution in [-0.4, -0.2) is 23.1 Å². The summed E-state index contributed by atoms with van der Waals surface area (Å²) < 4.78 is 0. The van der Waals surface area contributed by atoms with E-state index in [9.17, 15) is 4.79 Å². The zero-order chi connectivity index (χ0) is 12.4. The normalized spacial score (nSPS) is 12.6. The number of thiazole rings is 1. The van der Waals surface area contributed by atoms with Crippen LogP contribution in [0.2, 0.25) is 0 Å². The van der Waals surface area contributed by atoms with Crippen LogP contribution in [-0.2, 0) is 4.79 Å². The highest BCUT2D eigenvalue weighted by Crippen LogP contribution is 2.31. The molecule has 2 aromatic rings. The van der Waals surface area contributed by atoms with Crippen LogP contribution in [0.3, 0.4) is 0 Å². The number of aliphatic carboxylic acids is 1. The molecule has 2 aromatic heterocycles. The molecule has 0 aromatic carbocycles. The van der Waals surface area contributed by atoms with Crippen LogP contribution in [0, 0.1) is 6.92 Å². The van der Waals surface area contributed by atoms with Crippen LogP contribution in [0.5, 0.6) is 0 Å². The van der Waals surface area contributed by atoms with E-state index in [-0.39, 0.29) is 0 Å². The first-order chi connectivity index (χ1) is 8.13. The fourth-order valence-electron chi connectivity index (χ4n) is 1.51. The van der Waals surface area contributed by atoms with Crippen LogP contribution in [0.15, 0.2) is 16.8 Å². The highest BCUT2D eigenvalue weighted by atomic mass is 32.1. The predicted octanol–water partition coefficient (Wildman–Crippen LogP) is 2.53. The number of aryl methyl sites for hydroxylation is 1. The predicted molar refractivity (Wildman–Crippen MR) is 69.6 cm³/mol. The van der Waals surface area contributed by atoms with Gasteiger partial charge in [-0.15, -0.1) is 22.7 Å². The van der Waals surface area contributed by atoms with Crippen LogP contribution in [0.25, 0.3) is 10.6 Å². The van der Waals surface area contributed by atoms with Gasteiger partial charge >= 0.3 is 5.97 Å². The number of carbonyl (C=O) groups is 1. The molecular formula is C11H12N2O2S2. The number of rotatable bonds is 4. The molecule has 2 heterocycles. The SMILES string of the molecule is CNC(C(=O)O)c1nc(-c2sccc2C)cs1. The van der Waals surface area contributed by atoms with Crippen molar-refractivity contribution in [2.75, 3.05) is 7.05 Å². The lowest BCUT2D eigenvalue weighted by Gasteiger charge is -2.06. The Morgan fingerprint density at radius 2 is 2.29 bits per heavy atom. The summed E-state index contributed by atoms with van der Waals surface area (Å²) in [4.78, 5) is 16.5. The summed E-state index contributed by atoms with van der Waals surface area (Å²) in [7, 11) is 1.62. The average molecular weight is 268 g/mol. The van der Waals surface area contributed by atoms with Gasteiger partial charge in [0.2, 0.25) is 0 Å². The van der Waals surface area contributed by atoms with Gasteiger partial charge in [-0.25, -0.2) is 4.98 Å². The quantitative estimate of drug-likeness (QED) is 0.894. The molecule has 17 heavy (non-hydrogen) atoms. The molecule has 0 aliphatic carbocycles. The van der Waals surface area contributed by atoms with Gasteiger partial charge in [0, 0.05) is 5.38 Å². The summed E-state index contributed by atoms with van der Waals surface area (Å²) in [6.45, 7) is 2.03. The van der Waals surface area contributed by atoms with Gasteiger partial charge in [-0.1, -0.05) is 0 Å². The molecule has 0 fully saturated rings. The third-order valence-electron chi connectivity index (χ3n) is 2.40. The average Bonchev–Trinajstić information content (AvgIpc) is 2.87. The third kappa shape index (κ3) is 2.38. The molecule has 4 nitrogen and oxygen atoms in total. The summed E-state index contributed by atoms with van der Waals surface area (Å²) in [6.07, 6.45) is 0. The number of hydrogen-bond acceptors (Lipinski definition) is 5. The number of hydrogen-bond donors (Lipinski definition) is 2. The van der Waals surface area contributed by atoms with Crippen molar-refractivity contribution in [1.29, 1.82) is 0 Å². The number of carboxylic acids is 1. The Bertz CT molecular complexity index is 533. The number of nitrogens with one attached hydrogen (secondary N) is 1. The zero-order valence-corrected chi connectivity index (χ0v) is 11.1. The second-order valence-electron chi connectivity index (χ2n) is 3.56.